The van der Waals surface area contributed by atoms with E-state index in [9.17, 15) is 24.1 Å². The molecule has 2 aromatic carbocycles. The smallest absolute Gasteiger partial charge is 0.268 e. The number of carbonyl (C=O) groups excluding carboxylic acids is 2. The van der Waals surface area contributed by atoms with E-state index in [-0.39, 0.29) is 11.1 Å². The van der Waals surface area contributed by atoms with E-state index in [0.717, 1.165) is 12.1 Å². The molecule has 0 unspecified atom stereocenters. The molecule has 22 heavy (non-hydrogen) atoms. The lowest BCUT2D eigenvalue weighted by molar-refractivity contribution is -0.384. The van der Waals surface area contributed by atoms with Gasteiger partial charge < -0.3 is 0 Å². The number of imide groups is 1. The number of halogens is 2. The van der Waals surface area contributed by atoms with Crippen LogP contribution in [0.5, 0.6) is 0 Å². The van der Waals surface area contributed by atoms with Crippen molar-refractivity contribution in [2.75, 3.05) is 4.90 Å². The van der Waals surface area contributed by atoms with Gasteiger partial charge in [-0.2, -0.15) is 0 Å². The van der Waals surface area contributed by atoms with Crippen LogP contribution in [0.4, 0.5) is 15.8 Å². The van der Waals surface area contributed by atoms with E-state index in [4.69, 9.17) is 11.6 Å². The average Bonchev–Trinajstić information content (AvgIpc) is 2.74. The van der Waals surface area contributed by atoms with Crippen molar-refractivity contribution in [2.24, 2.45) is 0 Å². The maximum Gasteiger partial charge on any atom is 0.295 e. The minimum atomic E-state index is -0.959. The monoisotopic (exact) mass is 320 g/mol. The van der Waals surface area contributed by atoms with Crippen LogP contribution in [0.15, 0.2) is 36.4 Å². The summed E-state index contributed by atoms with van der Waals surface area (Å²) >= 11 is 5.77. The van der Waals surface area contributed by atoms with Crippen molar-refractivity contribution in [3.8, 4) is 0 Å². The Balaban J connectivity index is 2.26. The molecule has 110 valence electrons. The number of nitrogens with zero attached hydrogens (tertiary/aromatic N) is 2. The molecule has 1 aliphatic rings. The second kappa shape index (κ2) is 4.88. The van der Waals surface area contributed by atoms with Gasteiger partial charge in [0.25, 0.3) is 17.5 Å². The van der Waals surface area contributed by atoms with Crippen molar-refractivity contribution in [2.45, 2.75) is 0 Å². The Morgan fingerprint density at radius 1 is 1.05 bits per heavy atom. The van der Waals surface area contributed by atoms with Crippen LogP contribution in [0, 0.1) is 15.9 Å². The summed E-state index contributed by atoms with van der Waals surface area (Å²) in [5.74, 6) is -2.52. The van der Waals surface area contributed by atoms with Gasteiger partial charge in [-0.05, 0) is 18.2 Å². The quantitative estimate of drug-likeness (QED) is 0.483. The maximum atomic E-state index is 13.7. The summed E-state index contributed by atoms with van der Waals surface area (Å²) in [5, 5.41) is 10.5. The number of amides is 2. The standard InChI is InChI=1S/C14H6ClFN2O4/c15-11-9(16)5-6-10(18(21)22)12(11)17-13(19)7-3-1-2-4-8(7)14(17)20/h1-6H. The van der Waals surface area contributed by atoms with Gasteiger partial charge in [0.15, 0.2) is 5.69 Å². The summed E-state index contributed by atoms with van der Waals surface area (Å²) in [6.07, 6.45) is 0. The van der Waals surface area contributed by atoms with Gasteiger partial charge in [-0.15, -0.1) is 0 Å². The molecule has 0 N–H and O–H groups in total. The van der Waals surface area contributed by atoms with Crippen molar-refractivity contribution in [1.29, 1.82) is 0 Å². The Kier molecular flexibility index (Phi) is 3.14. The molecule has 1 heterocycles. The van der Waals surface area contributed by atoms with Gasteiger partial charge >= 0.3 is 0 Å². The molecule has 6 nitrogen and oxygen atoms in total. The SMILES string of the molecule is O=C1c2ccccc2C(=O)N1c1c([N+](=O)[O-])ccc(F)c1Cl. The summed E-state index contributed by atoms with van der Waals surface area (Å²) < 4.78 is 13.7. The van der Waals surface area contributed by atoms with E-state index in [1.165, 1.54) is 12.1 Å². The number of hydrogen-bond acceptors (Lipinski definition) is 4. The summed E-state index contributed by atoms with van der Waals surface area (Å²) in [7, 11) is 0. The fraction of sp³-hybridized carbons (Fsp3) is 0. The predicted octanol–water partition coefficient (Wildman–Crippen LogP) is 3.19. The van der Waals surface area contributed by atoms with E-state index < -0.39 is 39.0 Å². The third kappa shape index (κ3) is 1.86. The van der Waals surface area contributed by atoms with Crippen LogP contribution in [0.1, 0.15) is 20.7 Å². The van der Waals surface area contributed by atoms with Gasteiger partial charge in [0, 0.05) is 6.07 Å². The summed E-state index contributed by atoms with van der Waals surface area (Å²) in [5.41, 5.74) is -1.01. The second-order valence-electron chi connectivity index (χ2n) is 4.48. The lowest BCUT2D eigenvalue weighted by Gasteiger charge is -2.15. The summed E-state index contributed by atoms with van der Waals surface area (Å²) in [6.45, 7) is 0. The number of carbonyl (C=O) groups is 2. The molecule has 0 radical (unpaired) electrons. The highest BCUT2D eigenvalue weighted by molar-refractivity contribution is 6.40. The van der Waals surface area contributed by atoms with Crippen LogP contribution in [0.3, 0.4) is 0 Å². The molecule has 0 bridgehead atoms. The van der Waals surface area contributed by atoms with Crippen molar-refractivity contribution < 1.29 is 18.9 Å². The molecule has 0 spiro atoms. The third-order valence-corrected chi connectivity index (χ3v) is 3.62. The molecule has 0 saturated carbocycles. The normalized spacial score (nSPS) is 13.5. The Morgan fingerprint density at radius 3 is 2.09 bits per heavy atom. The minimum absolute atomic E-state index is 0.0853. The second-order valence-corrected chi connectivity index (χ2v) is 4.86. The topological polar surface area (TPSA) is 80.5 Å². The number of fused-ring (bicyclic) bond motifs is 1. The lowest BCUT2D eigenvalue weighted by Crippen LogP contribution is -2.30. The van der Waals surface area contributed by atoms with Gasteiger partial charge in [-0.25, -0.2) is 9.29 Å². The Labute approximate surface area is 127 Å². The van der Waals surface area contributed by atoms with E-state index in [0.29, 0.717) is 4.90 Å². The molecular weight excluding hydrogens is 315 g/mol. The van der Waals surface area contributed by atoms with Crippen LogP contribution in [0.2, 0.25) is 5.02 Å². The Bertz CT molecular complexity index is 818. The van der Waals surface area contributed by atoms with E-state index in [1.807, 2.05) is 0 Å². The zero-order chi connectivity index (χ0) is 16.0. The molecular formula is C14H6ClFN2O4. The first-order valence-corrected chi connectivity index (χ1v) is 6.41. The molecule has 0 aliphatic carbocycles. The summed E-state index contributed by atoms with van der Waals surface area (Å²) in [6, 6.07) is 7.59. The zero-order valence-corrected chi connectivity index (χ0v) is 11.5. The number of anilines is 1. The first-order chi connectivity index (χ1) is 10.4. The molecule has 0 fully saturated rings. The molecule has 2 amide bonds. The van der Waals surface area contributed by atoms with Crippen molar-refractivity contribution in [3.63, 3.8) is 0 Å². The largest absolute Gasteiger partial charge is 0.295 e. The summed E-state index contributed by atoms with van der Waals surface area (Å²) in [4.78, 5) is 35.5. The first-order valence-electron chi connectivity index (χ1n) is 6.03. The van der Waals surface area contributed by atoms with E-state index >= 15 is 0 Å². The highest BCUT2D eigenvalue weighted by Crippen LogP contribution is 2.41. The lowest BCUT2D eigenvalue weighted by atomic mass is 10.1. The third-order valence-electron chi connectivity index (χ3n) is 3.26. The van der Waals surface area contributed by atoms with E-state index in [1.54, 1.807) is 12.1 Å². The van der Waals surface area contributed by atoms with Crippen LogP contribution < -0.4 is 4.90 Å². The number of nitro benzene ring substituents is 1. The molecule has 3 rings (SSSR count). The molecule has 2 aromatic rings. The molecule has 0 aromatic heterocycles. The van der Waals surface area contributed by atoms with Crippen molar-refractivity contribution in [1.82, 2.24) is 0 Å². The van der Waals surface area contributed by atoms with Crippen molar-refractivity contribution in [3.05, 3.63) is 68.5 Å². The highest BCUT2D eigenvalue weighted by atomic mass is 35.5. The van der Waals surface area contributed by atoms with Gasteiger partial charge in [0.05, 0.1) is 16.1 Å². The number of benzene rings is 2. The minimum Gasteiger partial charge on any atom is -0.268 e. The van der Waals surface area contributed by atoms with Crippen LogP contribution in [-0.4, -0.2) is 16.7 Å². The van der Waals surface area contributed by atoms with Crippen LogP contribution in [-0.2, 0) is 0 Å². The van der Waals surface area contributed by atoms with Crippen LogP contribution in [0.25, 0.3) is 0 Å². The van der Waals surface area contributed by atoms with Crippen LogP contribution >= 0.6 is 11.6 Å². The van der Waals surface area contributed by atoms with Gasteiger partial charge in [0.1, 0.15) is 10.8 Å². The van der Waals surface area contributed by atoms with Gasteiger partial charge in [0.2, 0.25) is 0 Å². The number of hydrogen-bond donors (Lipinski definition) is 0. The predicted molar refractivity (Wildman–Crippen MR) is 75.6 cm³/mol. The number of nitro groups is 1. The zero-order valence-electron chi connectivity index (χ0n) is 10.7. The van der Waals surface area contributed by atoms with Gasteiger partial charge in [-0.3, -0.25) is 19.7 Å². The highest BCUT2D eigenvalue weighted by Gasteiger charge is 2.41. The average molecular weight is 321 g/mol. The maximum absolute atomic E-state index is 13.7. The fourth-order valence-corrected chi connectivity index (χ4v) is 2.53. The number of rotatable bonds is 2. The molecule has 8 heteroatoms. The molecule has 1 aliphatic heterocycles. The first kappa shape index (κ1) is 14.2. The Hall–Kier alpha value is -2.80. The van der Waals surface area contributed by atoms with Gasteiger partial charge in [-0.1, -0.05) is 23.7 Å². The molecule has 0 saturated heterocycles. The Morgan fingerprint density at radius 2 is 1.59 bits per heavy atom. The molecule has 0 atom stereocenters. The fourth-order valence-electron chi connectivity index (χ4n) is 2.28. The van der Waals surface area contributed by atoms with E-state index in [2.05, 4.69) is 0 Å². The van der Waals surface area contributed by atoms with Crippen molar-refractivity contribution >= 4 is 34.8 Å².